The molecule has 14 heavy (non-hydrogen) atoms. The Morgan fingerprint density at radius 1 is 1.50 bits per heavy atom. The van der Waals surface area contributed by atoms with E-state index in [0.717, 1.165) is 11.3 Å². The van der Waals surface area contributed by atoms with Crippen molar-refractivity contribution in [2.45, 2.75) is 70.2 Å². The van der Waals surface area contributed by atoms with E-state index in [9.17, 15) is 0 Å². The third-order valence-electron chi connectivity index (χ3n) is 3.10. The molecule has 1 saturated heterocycles. The average Bonchev–Trinajstić information content (AvgIpc) is 2.18. The maximum atomic E-state index is 3.78. The van der Waals surface area contributed by atoms with Crippen LogP contribution in [0.15, 0.2) is 0 Å². The van der Waals surface area contributed by atoms with Gasteiger partial charge in [-0.3, -0.25) is 0 Å². The highest BCUT2D eigenvalue weighted by Gasteiger charge is 2.22. The Balaban J connectivity index is 2.20. The summed E-state index contributed by atoms with van der Waals surface area (Å²) in [5.41, 5.74) is 0. The van der Waals surface area contributed by atoms with Gasteiger partial charge in [-0.2, -0.15) is 11.8 Å². The second kappa shape index (κ2) is 6.73. The van der Waals surface area contributed by atoms with Crippen molar-refractivity contribution >= 4 is 11.8 Å². The van der Waals surface area contributed by atoms with Crippen molar-refractivity contribution in [3.63, 3.8) is 0 Å². The molecule has 3 atom stereocenters. The molecule has 1 N–H and O–H groups in total. The van der Waals surface area contributed by atoms with Crippen LogP contribution in [0.3, 0.4) is 0 Å². The molecule has 84 valence electrons. The van der Waals surface area contributed by atoms with Crippen molar-refractivity contribution in [2.75, 3.05) is 5.75 Å². The Labute approximate surface area is 93.4 Å². The van der Waals surface area contributed by atoms with Crippen molar-refractivity contribution in [1.82, 2.24) is 5.32 Å². The van der Waals surface area contributed by atoms with Gasteiger partial charge < -0.3 is 5.32 Å². The minimum Gasteiger partial charge on any atom is -0.310 e. The SMILES string of the molecule is CCCCC(C)NC1CCCSC1C. The molecule has 0 aromatic rings. The van der Waals surface area contributed by atoms with Gasteiger partial charge in [0, 0.05) is 17.3 Å². The predicted molar refractivity (Wildman–Crippen MR) is 67.1 cm³/mol. The lowest BCUT2D eigenvalue weighted by Gasteiger charge is -2.31. The third-order valence-corrected chi connectivity index (χ3v) is 4.47. The van der Waals surface area contributed by atoms with Crippen molar-refractivity contribution in [3.05, 3.63) is 0 Å². The van der Waals surface area contributed by atoms with Gasteiger partial charge in [0.05, 0.1) is 0 Å². The van der Waals surface area contributed by atoms with Gasteiger partial charge in [0.1, 0.15) is 0 Å². The maximum Gasteiger partial charge on any atom is 0.0186 e. The van der Waals surface area contributed by atoms with Crippen LogP contribution in [-0.2, 0) is 0 Å². The summed E-state index contributed by atoms with van der Waals surface area (Å²) in [5.74, 6) is 1.36. The number of thioether (sulfide) groups is 1. The van der Waals surface area contributed by atoms with Crippen LogP contribution in [-0.4, -0.2) is 23.1 Å². The Kier molecular flexibility index (Phi) is 5.95. The molecule has 3 unspecified atom stereocenters. The molecule has 0 bridgehead atoms. The number of hydrogen-bond donors (Lipinski definition) is 1. The molecule has 0 amide bonds. The van der Waals surface area contributed by atoms with Gasteiger partial charge in [-0.25, -0.2) is 0 Å². The maximum absolute atomic E-state index is 3.78. The molecule has 0 aliphatic carbocycles. The van der Waals surface area contributed by atoms with Crippen LogP contribution in [0.2, 0.25) is 0 Å². The van der Waals surface area contributed by atoms with E-state index in [4.69, 9.17) is 0 Å². The number of rotatable bonds is 5. The molecular formula is C12H25NS. The van der Waals surface area contributed by atoms with Gasteiger partial charge in [0.2, 0.25) is 0 Å². The summed E-state index contributed by atoms with van der Waals surface area (Å²) in [6, 6.07) is 1.47. The van der Waals surface area contributed by atoms with Crippen LogP contribution in [0, 0.1) is 0 Å². The standard InChI is InChI=1S/C12H25NS/c1-4-5-7-10(2)13-12-8-6-9-14-11(12)3/h10-13H,4-9H2,1-3H3. The highest BCUT2D eigenvalue weighted by atomic mass is 32.2. The second-order valence-corrected chi connectivity index (χ2v) is 6.02. The Morgan fingerprint density at radius 2 is 2.29 bits per heavy atom. The van der Waals surface area contributed by atoms with E-state index >= 15 is 0 Å². The minimum atomic E-state index is 0.709. The average molecular weight is 215 g/mol. The van der Waals surface area contributed by atoms with E-state index in [0.29, 0.717) is 6.04 Å². The fourth-order valence-electron chi connectivity index (χ4n) is 2.10. The number of nitrogens with one attached hydrogen (secondary N) is 1. The fraction of sp³-hybridized carbons (Fsp3) is 1.00. The first kappa shape index (κ1) is 12.4. The monoisotopic (exact) mass is 215 g/mol. The third kappa shape index (κ3) is 4.22. The molecule has 0 radical (unpaired) electrons. The molecular weight excluding hydrogens is 190 g/mol. The Morgan fingerprint density at radius 3 is 2.93 bits per heavy atom. The first-order chi connectivity index (χ1) is 6.74. The summed E-state index contributed by atoms with van der Waals surface area (Å²) < 4.78 is 0. The molecule has 0 spiro atoms. The number of unbranched alkanes of at least 4 members (excludes halogenated alkanes) is 1. The van der Waals surface area contributed by atoms with Crippen molar-refractivity contribution < 1.29 is 0 Å². The summed E-state index contributed by atoms with van der Waals surface area (Å²) in [5, 5.41) is 4.60. The zero-order valence-corrected chi connectivity index (χ0v) is 10.7. The van der Waals surface area contributed by atoms with E-state index in [2.05, 4.69) is 37.8 Å². The zero-order valence-electron chi connectivity index (χ0n) is 9.88. The van der Waals surface area contributed by atoms with Crippen LogP contribution in [0.25, 0.3) is 0 Å². The smallest absolute Gasteiger partial charge is 0.0186 e. The molecule has 1 aliphatic heterocycles. The van der Waals surface area contributed by atoms with Gasteiger partial charge >= 0.3 is 0 Å². The summed E-state index contributed by atoms with van der Waals surface area (Å²) in [6.45, 7) is 6.97. The lowest BCUT2D eigenvalue weighted by atomic mass is 10.1. The summed E-state index contributed by atoms with van der Waals surface area (Å²) in [4.78, 5) is 0. The lowest BCUT2D eigenvalue weighted by Crippen LogP contribution is -2.43. The topological polar surface area (TPSA) is 12.0 Å². The van der Waals surface area contributed by atoms with Crippen LogP contribution in [0.1, 0.15) is 52.9 Å². The van der Waals surface area contributed by atoms with Crippen molar-refractivity contribution in [3.8, 4) is 0 Å². The van der Waals surface area contributed by atoms with E-state index < -0.39 is 0 Å². The molecule has 1 nitrogen and oxygen atoms in total. The van der Waals surface area contributed by atoms with E-state index in [1.54, 1.807) is 0 Å². The van der Waals surface area contributed by atoms with Gasteiger partial charge in [-0.15, -0.1) is 0 Å². The highest BCUT2D eigenvalue weighted by molar-refractivity contribution is 7.99. The van der Waals surface area contributed by atoms with E-state index in [-0.39, 0.29) is 0 Å². The predicted octanol–water partition coefficient (Wildman–Crippen LogP) is 3.44. The van der Waals surface area contributed by atoms with Crippen LogP contribution in [0.5, 0.6) is 0 Å². The van der Waals surface area contributed by atoms with Gasteiger partial charge in [0.15, 0.2) is 0 Å². The Hall–Kier alpha value is 0.310. The molecule has 1 heterocycles. The summed E-state index contributed by atoms with van der Waals surface area (Å²) in [6.07, 6.45) is 6.80. The lowest BCUT2D eigenvalue weighted by molar-refractivity contribution is 0.391. The Bertz CT molecular complexity index is 149. The second-order valence-electron chi connectivity index (χ2n) is 4.53. The fourth-order valence-corrected chi connectivity index (χ4v) is 3.25. The molecule has 1 fully saturated rings. The van der Waals surface area contributed by atoms with Crippen molar-refractivity contribution in [1.29, 1.82) is 0 Å². The quantitative estimate of drug-likeness (QED) is 0.754. The highest BCUT2D eigenvalue weighted by Crippen LogP contribution is 2.25. The molecule has 0 aromatic carbocycles. The van der Waals surface area contributed by atoms with E-state index in [1.165, 1.54) is 37.9 Å². The van der Waals surface area contributed by atoms with Gasteiger partial charge in [-0.05, 0) is 31.9 Å². The summed E-state index contributed by atoms with van der Waals surface area (Å²) in [7, 11) is 0. The molecule has 1 rings (SSSR count). The molecule has 2 heteroatoms. The first-order valence-electron chi connectivity index (χ1n) is 6.11. The summed E-state index contributed by atoms with van der Waals surface area (Å²) >= 11 is 2.13. The van der Waals surface area contributed by atoms with Gasteiger partial charge in [0.25, 0.3) is 0 Å². The largest absolute Gasteiger partial charge is 0.310 e. The zero-order chi connectivity index (χ0) is 10.4. The number of hydrogen-bond acceptors (Lipinski definition) is 2. The first-order valence-corrected chi connectivity index (χ1v) is 7.16. The van der Waals surface area contributed by atoms with Gasteiger partial charge in [-0.1, -0.05) is 26.7 Å². The molecule has 0 aromatic heterocycles. The minimum absolute atomic E-state index is 0.709. The molecule has 0 saturated carbocycles. The van der Waals surface area contributed by atoms with Crippen LogP contribution < -0.4 is 5.32 Å². The van der Waals surface area contributed by atoms with Crippen LogP contribution in [0.4, 0.5) is 0 Å². The van der Waals surface area contributed by atoms with Crippen molar-refractivity contribution in [2.24, 2.45) is 0 Å². The molecule has 1 aliphatic rings. The van der Waals surface area contributed by atoms with Crippen LogP contribution >= 0.6 is 11.8 Å². The van der Waals surface area contributed by atoms with E-state index in [1.807, 2.05) is 0 Å². The normalized spacial score (nSPS) is 30.2.